The summed E-state index contributed by atoms with van der Waals surface area (Å²) in [6, 6.07) is 9.97. The molecule has 0 atom stereocenters. The Hall–Kier alpha value is -3.42. The number of nitro groups is 1. The number of benzene rings is 2. The van der Waals surface area contributed by atoms with Crippen LogP contribution >= 0.6 is 0 Å². The van der Waals surface area contributed by atoms with Crippen LogP contribution in [0, 0.1) is 30.9 Å². The van der Waals surface area contributed by atoms with Crippen molar-refractivity contribution in [3.63, 3.8) is 0 Å². The predicted molar refractivity (Wildman–Crippen MR) is 98.8 cm³/mol. The van der Waals surface area contributed by atoms with E-state index in [4.69, 9.17) is 9.47 Å². The van der Waals surface area contributed by atoms with Crippen LogP contribution in [-0.4, -0.2) is 30.0 Å². The van der Waals surface area contributed by atoms with E-state index in [9.17, 15) is 19.7 Å². The molecule has 2 rings (SSSR count). The first kappa shape index (κ1) is 19.9. The van der Waals surface area contributed by atoms with Crippen molar-refractivity contribution in [2.75, 3.05) is 18.5 Å². The minimum atomic E-state index is -0.718. The molecule has 0 fully saturated rings. The minimum absolute atomic E-state index is 0.0788. The molecule has 1 N–H and O–H groups in total. The van der Waals surface area contributed by atoms with Gasteiger partial charge < -0.3 is 14.8 Å². The molecular weight excluding hydrogens is 352 g/mol. The normalized spacial score (nSPS) is 10.2. The number of hydrogen-bond acceptors (Lipinski definition) is 6. The standard InChI is InChI=1S/C19H20N2O6/c1-12-7-8-16(14(3)9-12)26-11-18(23)27-10-17(22)20-19-13(2)5-4-6-15(19)21(24)25/h4-9H,10-11H2,1-3H3,(H,20,22). The van der Waals surface area contributed by atoms with Crippen LogP contribution in [0.2, 0.25) is 0 Å². The molecule has 0 saturated heterocycles. The molecule has 2 aromatic carbocycles. The maximum absolute atomic E-state index is 12.0. The van der Waals surface area contributed by atoms with Gasteiger partial charge in [-0.15, -0.1) is 0 Å². The number of amides is 1. The van der Waals surface area contributed by atoms with E-state index in [1.807, 2.05) is 26.0 Å². The summed E-state index contributed by atoms with van der Waals surface area (Å²) in [5, 5.41) is 13.4. The summed E-state index contributed by atoms with van der Waals surface area (Å²) in [7, 11) is 0. The second-order valence-electron chi connectivity index (χ2n) is 5.99. The zero-order chi connectivity index (χ0) is 20.0. The maximum Gasteiger partial charge on any atom is 0.344 e. The molecule has 0 aliphatic rings. The first-order chi connectivity index (χ1) is 12.8. The molecule has 0 unspecified atom stereocenters. The first-order valence-electron chi connectivity index (χ1n) is 8.17. The molecule has 142 valence electrons. The number of carbonyl (C=O) groups is 2. The average molecular weight is 372 g/mol. The van der Waals surface area contributed by atoms with E-state index < -0.39 is 23.4 Å². The number of nitrogens with one attached hydrogen (secondary N) is 1. The van der Waals surface area contributed by atoms with Gasteiger partial charge in [0.2, 0.25) is 0 Å². The lowest BCUT2D eigenvalue weighted by Crippen LogP contribution is -2.24. The maximum atomic E-state index is 12.0. The second kappa shape index (κ2) is 8.79. The molecule has 1 amide bonds. The fraction of sp³-hybridized carbons (Fsp3) is 0.263. The summed E-state index contributed by atoms with van der Waals surface area (Å²) in [6.45, 7) is 4.52. The molecule has 0 aliphatic heterocycles. The number of esters is 1. The summed E-state index contributed by atoms with van der Waals surface area (Å²) in [5.41, 5.74) is 2.33. The number of carbonyl (C=O) groups excluding carboxylic acids is 2. The SMILES string of the molecule is Cc1ccc(OCC(=O)OCC(=O)Nc2c(C)cccc2[N+](=O)[O-])c(C)c1. The summed E-state index contributed by atoms with van der Waals surface area (Å²) in [6.07, 6.45) is 0. The number of hydrogen-bond donors (Lipinski definition) is 1. The van der Waals surface area contributed by atoms with E-state index in [1.165, 1.54) is 12.1 Å². The Labute approximate surface area is 156 Å². The summed E-state index contributed by atoms with van der Waals surface area (Å²) < 4.78 is 10.2. The van der Waals surface area contributed by atoms with Crippen molar-refractivity contribution in [3.05, 3.63) is 63.2 Å². The highest BCUT2D eigenvalue weighted by Gasteiger charge is 2.18. The van der Waals surface area contributed by atoms with Gasteiger partial charge in [0.25, 0.3) is 11.6 Å². The molecule has 0 radical (unpaired) electrons. The highest BCUT2D eigenvalue weighted by atomic mass is 16.6. The van der Waals surface area contributed by atoms with Crippen molar-refractivity contribution in [3.8, 4) is 5.75 Å². The largest absolute Gasteiger partial charge is 0.482 e. The third kappa shape index (κ3) is 5.53. The van der Waals surface area contributed by atoms with Crippen molar-refractivity contribution < 1.29 is 24.0 Å². The van der Waals surface area contributed by atoms with Gasteiger partial charge in [0.15, 0.2) is 13.2 Å². The van der Waals surface area contributed by atoms with E-state index in [1.54, 1.807) is 19.1 Å². The summed E-state index contributed by atoms with van der Waals surface area (Å²) in [4.78, 5) is 34.2. The highest BCUT2D eigenvalue weighted by Crippen LogP contribution is 2.27. The average Bonchev–Trinajstić information content (AvgIpc) is 2.60. The Morgan fingerprint density at radius 2 is 1.81 bits per heavy atom. The molecule has 0 saturated carbocycles. The van der Waals surface area contributed by atoms with Gasteiger partial charge in [0, 0.05) is 6.07 Å². The lowest BCUT2D eigenvalue weighted by molar-refractivity contribution is -0.384. The minimum Gasteiger partial charge on any atom is -0.482 e. The van der Waals surface area contributed by atoms with Crippen molar-refractivity contribution in [2.24, 2.45) is 0 Å². The van der Waals surface area contributed by atoms with Gasteiger partial charge in [-0.1, -0.05) is 29.8 Å². The van der Waals surface area contributed by atoms with Gasteiger partial charge in [-0.2, -0.15) is 0 Å². The Balaban J connectivity index is 1.87. The number of nitro benzene ring substituents is 1. The van der Waals surface area contributed by atoms with Gasteiger partial charge in [-0.25, -0.2) is 4.79 Å². The number of anilines is 1. The Bertz CT molecular complexity index is 878. The van der Waals surface area contributed by atoms with Crippen molar-refractivity contribution in [1.82, 2.24) is 0 Å². The van der Waals surface area contributed by atoms with Gasteiger partial charge in [0.1, 0.15) is 11.4 Å². The molecule has 8 nitrogen and oxygen atoms in total. The highest BCUT2D eigenvalue weighted by molar-refractivity contribution is 5.95. The van der Waals surface area contributed by atoms with Gasteiger partial charge in [0.05, 0.1) is 4.92 Å². The van der Waals surface area contributed by atoms with Crippen LogP contribution in [0.15, 0.2) is 36.4 Å². The fourth-order valence-electron chi connectivity index (χ4n) is 2.43. The zero-order valence-corrected chi connectivity index (χ0v) is 15.3. The molecule has 0 heterocycles. The Kier molecular flexibility index (Phi) is 6.48. The number of para-hydroxylation sites is 1. The molecule has 2 aromatic rings. The first-order valence-corrected chi connectivity index (χ1v) is 8.17. The van der Waals surface area contributed by atoms with E-state index in [2.05, 4.69) is 5.32 Å². The molecule has 0 spiro atoms. The Morgan fingerprint density at radius 3 is 2.48 bits per heavy atom. The zero-order valence-electron chi connectivity index (χ0n) is 15.3. The van der Waals surface area contributed by atoms with E-state index in [0.29, 0.717) is 11.3 Å². The van der Waals surface area contributed by atoms with E-state index in [-0.39, 0.29) is 18.0 Å². The molecule has 27 heavy (non-hydrogen) atoms. The van der Waals surface area contributed by atoms with Crippen LogP contribution in [0.25, 0.3) is 0 Å². The van der Waals surface area contributed by atoms with E-state index in [0.717, 1.165) is 11.1 Å². The smallest absolute Gasteiger partial charge is 0.344 e. The van der Waals surface area contributed by atoms with Crippen LogP contribution in [0.4, 0.5) is 11.4 Å². The summed E-state index contributed by atoms with van der Waals surface area (Å²) in [5.74, 6) is -0.839. The molecule has 8 heteroatoms. The fourth-order valence-corrected chi connectivity index (χ4v) is 2.43. The number of rotatable bonds is 7. The molecule has 0 aromatic heterocycles. The lowest BCUT2D eigenvalue weighted by Gasteiger charge is -2.11. The van der Waals surface area contributed by atoms with Crippen LogP contribution in [0.5, 0.6) is 5.75 Å². The molecule has 0 bridgehead atoms. The summed E-state index contributed by atoms with van der Waals surface area (Å²) >= 11 is 0. The molecular formula is C19H20N2O6. The van der Waals surface area contributed by atoms with Crippen LogP contribution in [-0.2, 0) is 14.3 Å². The number of aryl methyl sites for hydroxylation is 3. The quantitative estimate of drug-likeness (QED) is 0.455. The predicted octanol–water partition coefficient (Wildman–Crippen LogP) is 3.08. The third-order valence-corrected chi connectivity index (χ3v) is 3.75. The van der Waals surface area contributed by atoms with Crippen LogP contribution < -0.4 is 10.1 Å². The second-order valence-corrected chi connectivity index (χ2v) is 5.99. The lowest BCUT2D eigenvalue weighted by atomic mass is 10.1. The van der Waals surface area contributed by atoms with Crippen molar-refractivity contribution in [1.29, 1.82) is 0 Å². The monoisotopic (exact) mass is 372 g/mol. The van der Waals surface area contributed by atoms with E-state index >= 15 is 0 Å². The number of ether oxygens (including phenoxy) is 2. The van der Waals surface area contributed by atoms with Crippen LogP contribution in [0.1, 0.15) is 16.7 Å². The van der Waals surface area contributed by atoms with Crippen LogP contribution in [0.3, 0.4) is 0 Å². The third-order valence-electron chi connectivity index (χ3n) is 3.75. The van der Waals surface area contributed by atoms with Crippen molar-refractivity contribution >= 4 is 23.3 Å². The Morgan fingerprint density at radius 1 is 1.07 bits per heavy atom. The number of nitrogens with zero attached hydrogens (tertiary/aromatic N) is 1. The topological polar surface area (TPSA) is 108 Å². The van der Waals surface area contributed by atoms with Crippen molar-refractivity contribution in [2.45, 2.75) is 20.8 Å². The van der Waals surface area contributed by atoms with Gasteiger partial charge in [-0.3, -0.25) is 14.9 Å². The molecule has 0 aliphatic carbocycles. The van der Waals surface area contributed by atoms with Gasteiger partial charge in [-0.05, 0) is 38.0 Å². The van der Waals surface area contributed by atoms with Gasteiger partial charge >= 0.3 is 5.97 Å².